The van der Waals surface area contributed by atoms with Crippen LogP contribution in [-0.2, 0) is 9.84 Å². The molecule has 0 bridgehead atoms. The molecule has 6 heteroatoms. The Morgan fingerprint density at radius 1 is 1.31 bits per heavy atom. The van der Waals surface area contributed by atoms with E-state index < -0.39 is 20.7 Å². The van der Waals surface area contributed by atoms with Crippen molar-refractivity contribution in [3.05, 3.63) is 34.9 Å². The maximum Gasteiger partial charge on any atom is 0.169 e. The molecule has 0 saturated heterocycles. The lowest BCUT2D eigenvalue weighted by Gasteiger charge is -2.16. The summed E-state index contributed by atoms with van der Waals surface area (Å²) < 4.78 is 21.6. The van der Waals surface area contributed by atoms with E-state index in [2.05, 4.69) is 0 Å². The van der Waals surface area contributed by atoms with E-state index >= 15 is 0 Å². The van der Waals surface area contributed by atoms with Crippen molar-refractivity contribution in [2.45, 2.75) is 17.7 Å². The Morgan fingerprint density at radius 3 is 2.25 bits per heavy atom. The van der Waals surface area contributed by atoms with Crippen LogP contribution < -0.4 is 0 Å². The molecule has 0 spiro atoms. The molecule has 1 N–H and O–H groups in total. The topological polar surface area (TPSA) is 54.4 Å². The molecule has 2 atom stereocenters. The standard InChI is InChI=1S/C10H12Cl2O3S/c1-2-16(14,15)10(12)9(13)7-3-5-8(11)6-4-7/h3-6,9-10,13H,2H2,1H3/t9-,10+/m1/s1. The molecule has 0 aliphatic heterocycles. The van der Waals surface area contributed by atoms with Crippen molar-refractivity contribution in [1.29, 1.82) is 0 Å². The number of benzene rings is 1. The van der Waals surface area contributed by atoms with Gasteiger partial charge in [-0.2, -0.15) is 0 Å². The van der Waals surface area contributed by atoms with Crippen molar-refractivity contribution in [3.63, 3.8) is 0 Å². The highest BCUT2D eigenvalue weighted by Crippen LogP contribution is 2.26. The fourth-order valence-corrected chi connectivity index (χ4v) is 2.68. The summed E-state index contributed by atoms with van der Waals surface area (Å²) in [5.41, 5.74) is 0.432. The summed E-state index contributed by atoms with van der Waals surface area (Å²) in [6.07, 6.45) is -1.25. The van der Waals surface area contributed by atoms with Gasteiger partial charge in [0.05, 0.1) is 0 Å². The lowest BCUT2D eigenvalue weighted by molar-refractivity contribution is 0.191. The molecule has 0 aromatic heterocycles. The molecule has 0 amide bonds. The molecule has 0 aliphatic carbocycles. The number of hydrogen-bond acceptors (Lipinski definition) is 3. The third kappa shape index (κ3) is 3.10. The summed E-state index contributed by atoms with van der Waals surface area (Å²) in [5.74, 6) is -0.105. The molecule has 0 radical (unpaired) electrons. The molecular formula is C10H12Cl2O3S. The monoisotopic (exact) mass is 282 g/mol. The van der Waals surface area contributed by atoms with Crippen LogP contribution in [0.15, 0.2) is 24.3 Å². The maximum atomic E-state index is 11.5. The molecule has 0 unspecified atom stereocenters. The minimum absolute atomic E-state index is 0.105. The predicted molar refractivity (Wildman–Crippen MR) is 65.5 cm³/mol. The van der Waals surface area contributed by atoms with E-state index in [-0.39, 0.29) is 5.75 Å². The van der Waals surface area contributed by atoms with E-state index in [0.717, 1.165) is 0 Å². The third-order valence-electron chi connectivity index (χ3n) is 2.21. The summed E-state index contributed by atoms with van der Waals surface area (Å²) in [5, 5.41) is 10.3. The van der Waals surface area contributed by atoms with Crippen molar-refractivity contribution in [1.82, 2.24) is 0 Å². The quantitative estimate of drug-likeness (QED) is 0.863. The second kappa shape index (κ2) is 5.36. The Bertz CT molecular complexity index is 442. The highest BCUT2D eigenvalue weighted by atomic mass is 35.5. The summed E-state index contributed by atoms with van der Waals surface area (Å²) in [6.45, 7) is 1.49. The van der Waals surface area contributed by atoms with Gasteiger partial charge < -0.3 is 5.11 Å². The second-order valence-electron chi connectivity index (χ2n) is 3.30. The molecule has 1 aromatic rings. The van der Waals surface area contributed by atoms with Crippen LogP contribution >= 0.6 is 23.2 Å². The lowest BCUT2D eigenvalue weighted by atomic mass is 10.1. The molecule has 90 valence electrons. The van der Waals surface area contributed by atoms with Crippen LogP contribution in [0.2, 0.25) is 5.02 Å². The smallest absolute Gasteiger partial charge is 0.169 e. The number of aliphatic hydroxyl groups excluding tert-OH is 1. The lowest BCUT2D eigenvalue weighted by Crippen LogP contribution is -2.24. The van der Waals surface area contributed by atoms with Gasteiger partial charge in [0.1, 0.15) is 6.10 Å². The van der Waals surface area contributed by atoms with Gasteiger partial charge in [0.15, 0.2) is 14.5 Å². The Morgan fingerprint density at radius 2 is 1.81 bits per heavy atom. The largest absolute Gasteiger partial charge is 0.386 e. The van der Waals surface area contributed by atoms with Crippen molar-refractivity contribution in [2.24, 2.45) is 0 Å². The molecule has 0 fully saturated rings. The number of hydrogen-bond donors (Lipinski definition) is 1. The van der Waals surface area contributed by atoms with Crippen LogP contribution in [-0.4, -0.2) is 24.0 Å². The van der Waals surface area contributed by atoms with E-state index in [1.165, 1.54) is 6.92 Å². The number of aliphatic hydroxyl groups is 1. The van der Waals surface area contributed by atoms with Crippen LogP contribution in [0.25, 0.3) is 0 Å². The highest BCUT2D eigenvalue weighted by molar-refractivity contribution is 7.93. The maximum absolute atomic E-state index is 11.5. The fraction of sp³-hybridized carbons (Fsp3) is 0.400. The first-order chi connectivity index (χ1) is 7.38. The predicted octanol–water partition coefficient (Wildman–Crippen LogP) is 2.37. The molecule has 1 rings (SSSR count). The highest BCUT2D eigenvalue weighted by Gasteiger charge is 2.29. The van der Waals surface area contributed by atoms with E-state index in [1.807, 2.05) is 0 Å². The SMILES string of the molecule is CCS(=O)(=O)[C@H](Cl)[C@H](O)c1ccc(Cl)cc1. The zero-order chi connectivity index (χ0) is 12.3. The molecule has 0 aliphatic rings. The van der Waals surface area contributed by atoms with Crippen LogP contribution in [0.1, 0.15) is 18.6 Å². The Balaban J connectivity index is 2.94. The Hall–Kier alpha value is -0.290. The van der Waals surface area contributed by atoms with Crippen LogP contribution in [0.5, 0.6) is 0 Å². The minimum Gasteiger partial charge on any atom is -0.386 e. The van der Waals surface area contributed by atoms with E-state index in [9.17, 15) is 13.5 Å². The van der Waals surface area contributed by atoms with Gasteiger partial charge in [0.2, 0.25) is 0 Å². The summed E-state index contributed by atoms with van der Waals surface area (Å²) in [6, 6.07) is 6.24. The molecule has 1 aromatic carbocycles. The average molecular weight is 283 g/mol. The van der Waals surface area contributed by atoms with E-state index in [4.69, 9.17) is 23.2 Å². The minimum atomic E-state index is -3.47. The number of sulfone groups is 1. The first-order valence-electron chi connectivity index (χ1n) is 4.67. The number of halogens is 2. The van der Waals surface area contributed by atoms with Gasteiger partial charge in [-0.1, -0.05) is 30.7 Å². The molecule has 0 heterocycles. The van der Waals surface area contributed by atoms with Gasteiger partial charge >= 0.3 is 0 Å². The first kappa shape index (κ1) is 13.8. The second-order valence-corrected chi connectivity index (χ2v) is 6.88. The van der Waals surface area contributed by atoms with Crippen LogP contribution in [0, 0.1) is 0 Å². The Kier molecular flexibility index (Phi) is 4.62. The number of rotatable bonds is 4. The first-order valence-corrected chi connectivity index (χ1v) is 7.20. The van der Waals surface area contributed by atoms with Gasteiger partial charge in [-0.25, -0.2) is 8.42 Å². The van der Waals surface area contributed by atoms with Gasteiger partial charge in [-0.3, -0.25) is 0 Å². The van der Waals surface area contributed by atoms with E-state index in [1.54, 1.807) is 24.3 Å². The fourth-order valence-electron chi connectivity index (χ4n) is 1.17. The molecule has 3 nitrogen and oxygen atoms in total. The summed E-state index contributed by atoms with van der Waals surface area (Å²) in [7, 11) is -3.47. The van der Waals surface area contributed by atoms with Crippen molar-refractivity contribution in [3.8, 4) is 0 Å². The normalized spacial score (nSPS) is 15.8. The zero-order valence-corrected chi connectivity index (χ0v) is 10.9. The summed E-state index contributed by atoms with van der Waals surface area (Å²) in [4.78, 5) is 0. The number of alkyl halides is 1. The van der Waals surface area contributed by atoms with Crippen LogP contribution in [0.4, 0.5) is 0 Å². The third-order valence-corrected chi connectivity index (χ3v) is 5.26. The van der Waals surface area contributed by atoms with Crippen molar-refractivity contribution < 1.29 is 13.5 Å². The van der Waals surface area contributed by atoms with E-state index in [0.29, 0.717) is 10.6 Å². The van der Waals surface area contributed by atoms with Gasteiger partial charge in [0.25, 0.3) is 0 Å². The zero-order valence-electron chi connectivity index (χ0n) is 8.60. The molecular weight excluding hydrogens is 271 g/mol. The van der Waals surface area contributed by atoms with Gasteiger partial charge in [-0.05, 0) is 17.7 Å². The van der Waals surface area contributed by atoms with Crippen LogP contribution in [0.3, 0.4) is 0 Å². The van der Waals surface area contributed by atoms with Crippen molar-refractivity contribution >= 4 is 33.0 Å². The Labute approximate surface area is 105 Å². The van der Waals surface area contributed by atoms with Gasteiger partial charge in [0, 0.05) is 10.8 Å². The summed E-state index contributed by atoms with van der Waals surface area (Å²) >= 11 is 11.4. The molecule has 0 saturated carbocycles. The van der Waals surface area contributed by atoms with Gasteiger partial charge in [-0.15, -0.1) is 11.6 Å². The van der Waals surface area contributed by atoms with Crippen molar-refractivity contribution in [2.75, 3.05) is 5.75 Å². The molecule has 16 heavy (non-hydrogen) atoms. The average Bonchev–Trinajstić information content (AvgIpc) is 2.28.